The van der Waals surface area contributed by atoms with Crippen LogP contribution in [0, 0.1) is 5.92 Å². The highest BCUT2D eigenvalue weighted by molar-refractivity contribution is 5.97. The van der Waals surface area contributed by atoms with Gasteiger partial charge in [0.05, 0.1) is 19.8 Å². The molecule has 0 aliphatic heterocycles. The molecule has 0 saturated carbocycles. The Morgan fingerprint density at radius 3 is 2.62 bits per heavy atom. The molecule has 0 saturated heterocycles. The number of amides is 1. The fraction of sp³-hybridized carbons (Fsp3) is 0.562. The number of ether oxygens (including phenoxy) is 2. The largest absolute Gasteiger partial charge is 0.497 e. The van der Waals surface area contributed by atoms with Gasteiger partial charge in [0.2, 0.25) is 0 Å². The Bertz CT molecular complexity index is 442. The van der Waals surface area contributed by atoms with Crippen molar-refractivity contribution in [3.63, 3.8) is 0 Å². The third-order valence-corrected chi connectivity index (χ3v) is 3.44. The zero-order valence-electron chi connectivity index (χ0n) is 13.0. The lowest BCUT2D eigenvalue weighted by Gasteiger charge is -2.16. The number of benzene rings is 1. The normalized spacial score (nSPS) is 11.8. The van der Waals surface area contributed by atoms with Crippen molar-refractivity contribution in [2.75, 3.05) is 27.4 Å². The molecule has 0 aliphatic rings. The molecule has 0 bridgehead atoms. The lowest BCUT2D eigenvalue weighted by Crippen LogP contribution is -2.30. The molecule has 1 unspecified atom stereocenters. The number of hydrogen-bond acceptors (Lipinski definition) is 4. The van der Waals surface area contributed by atoms with E-state index in [4.69, 9.17) is 14.6 Å². The van der Waals surface area contributed by atoms with E-state index in [1.165, 1.54) is 7.11 Å². The molecule has 0 aliphatic carbocycles. The van der Waals surface area contributed by atoms with Gasteiger partial charge in [0.15, 0.2) is 0 Å². The number of rotatable bonds is 9. The van der Waals surface area contributed by atoms with E-state index in [1.807, 2.05) is 0 Å². The molecule has 0 aromatic heterocycles. The van der Waals surface area contributed by atoms with Crippen molar-refractivity contribution in [1.29, 1.82) is 0 Å². The SMILES string of the molecule is CCCC(CCO)CNC(=O)c1ccc(OC)cc1OC. The first kappa shape index (κ1) is 17.3. The molecule has 2 N–H and O–H groups in total. The molecule has 0 heterocycles. The molecule has 21 heavy (non-hydrogen) atoms. The summed E-state index contributed by atoms with van der Waals surface area (Å²) in [5.74, 6) is 1.26. The van der Waals surface area contributed by atoms with E-state index in [2.05, 4.69) is 12.2 Å². The average Bonchev–Trinajstić information content (AvgIpc) is 2.52. The second kappa shape index (κ2) is 9.23. The second-order valence-electron chi connectivity index (χ2n) is 4.94. The second-order valence-corrected chi connectivity index (χ2v) is 4.94. The zero-order chi connectivity index (χ0) is 15.7. The van der Waals surface area contributed by atoms with Crippen molar-refractivity contribution in [3.8, 4) is 11.5 Å². The van der Waals surface area contributed by atoms with Crippen molar-refractivity contribution in [3.05, 3.63) is 23.8 Å². The molecule has 1 rings (SSSR count). The first-order chi connectivity index (χ1) is 10.2. The summed E-state index contributed by atoms with van der Waals surface area (Å²) in [4.78, 5) is 12.2. The summed E-state index contributed by atoms with van der Waals surface area (Å²) in [5.41, 5.74) is 0.484. The Labute approximate surface area is 126 Å². The maximum absolute atomic E-state index is 12.2. The monoisotopic (exact) mass is 295 g/mol. The topological polar surface area (TPSA) is 67.8 Å². The molecule has 1 aromatic carbocycles. The number of carbonyl (C=O) groups is 1. The van der Waals surface area contributed by atoms with Gasteiger partial charge in [-0.1, -0.05) is 13.3 Å². The standard InChI is InChI=1S/C16H25NO4/c1-4-5-12(8-9-18)11-17-16(19)14-7-6-13(20-2)10-15(14)21-3/h6-7,10,12,18H,4-5,8-9,11H2,1-3H3,(H,17,19). The molecule has 118 valence electrons. The number of methoxy groups -OCH3 is 2. The van der Waals surface area contributed by atoms with Crippen LogP contribution in [-0.4, -0.2) is 38.4 Å². The van der Waals surface area contributed by atoms with E-state index in [1.54, 1.807) is 25.3 Å². The predicted molar refractivity (Wildman–Crippen MR) is 82.0 cm³/mol. The van der Waals surface area contributed by atoms with Gasteiger partial charge < -0.3 is 19.9 Å². The number of aliphatic hydroxyl groups is 1. The highest BCUT2D eigenvalue weighted by Crippen LogP contribution is 2.24. The molecule has 1 amide bonds. The number of hydrogen-bond donors (Lipinski definition) is 2. The van der Waals surface area contributed by atoms with Crippen LogP contribution in [0.1, 0.15) is 36.5 Å². The highest BCUT2D eigenvalue weighted by Gasteiger charge is 2.15. The van der Waals surface area contributed by atoms with E-state index >= 15 is 0 Å². The number of aliphatic hydroxyl groups excluding tert-OH is 1. The van der Waals surface area contributed by atoms with Crippen LogP contribution in [0.25, 0.3) is 0 Å². The van der Waals surface area contributed by atoms with Gasteiger partial charge in [0.1, 0.15) is 11.5 Å². The van der Waals surface area contributed by atoms with Crippen molar-refractivity contribution in [2.24, 2.45) is 5.92 Å². The van der Waals surface area contributed by atoms with Crippen LogP contribution < -0.4 is 14.8 Å². The van der Waals surface area contributed by atoms with Crippen LogP contribution in [0.5, 0.6) is 11.5 Å². The van der Waals surface area contributed by atoms with Crippen LogP contribution in [0.3, 0.4) is 0 Å². The molecule has 5 heteroatoms. The van der Waals surface area contributed by atoms with Gasteiger partial charge in [-0.15, -0.1) is 0 Å². The molecule has 0 fully saturated rings. The van der Waals surface area contributed by atoms with E-state index in [9.17, 15) is 4.79 Å². The fourth-order valence-electron chi connectivity index (χ4n) is 2.26. The molecule has 1 atom stereocenters. The fourth-order valence-corrected chi connectivity index (χ4v) is 2.26. The molecule has 0 spiro atoms. The minimum Gasteiger partial charge on any atom is -0.497 e. The van der Waals surface area contributed by atoms with Crippen molar-refractivity contribution >= 4 is 5.91 Å². The minimum atomic E-state index is -0.173. The minimum absolute atomic E-state index is 0.145. The Morgan fingerprint density at radius 1 is 1.29 bits per heavy atom. The summed E-state index contributed by atoms with van der Waals surface area (Å²) in [7, 11) is 3.09. The summed E-state index contributed by atoms with van der Waals surface area (Å²) < 4.78 is 10.3. The van der Waals surface area contributed by atoms with Crippen molar-refractivity contribution < 1.29 is 19.4 Å². The molecule has 1 aromatic rings. The molecule has 5 nitrogen and oxygen atoms in total. The van der Waals surface area contributed by atoms with Gasteiger partial charge in [-0.3, -0.25) is 4.79 Å². The van der Waals surface area contributed by atoms with Gasteiger partial charge in [0, 0.05) is 19.2 Å². The third kappa shape index (κ3) is 5.27. The van der Waals surface area contributed by atoms with E-state index in [0.717, 1.165) is 12.8 Å². The Kier molecular flexibility index (Phi) is 7.61. The number of carbonyl (C=O) groups excluding carboxylic acids is 1. The van der Waals surface area contributed by atoms with Crippen LogP contribution in [0.4, 0.5) is 0 Å². The lowest BCUT2D eigenvalue weighted by molar-refractivity contribution is 0.0940. The molecular weight excluding hydrogens is 270 g/mol. The summed E-state index contributed by atoms with van der Waals surface area (Å²) in [6.07, 6.45) is 2.72. The first-order valence-electron chi connectivity index (χ1n) is 7.27. The lowest BCUT2D eigenvalue weighted by atomic mass is 10.00. The van der Waals surface area contributed by atoms with Gasteiger partial charge in [0.25, 0.3) is 5.91 Å². The summed E-state index contributed by atoms with van der Waals surface area (Å²) >= 11 is 0. The Balaban J connectivity index is 2.70. The predicted octanol–water partition coefficient (Wildman–Crippen LogP) is 2.23. The summed E-state index contributed by atoms with van der Waals surface area (Å²) in [5, 5.41) is 11.9. The summed E-state index contributed by atoms with van der Waals surface area (Å²) in [6, 6.07) is 5.11. The van der Waals surface area contributed by atoms with E-state index in [-0.39, 0.29) is 12.5 Å². The van der Waals surface area contributed by atoms with Gasteiger partial charge in [-0.25, -0.2) is 0 Å². The first-order valence-corrected chi connectivity index (χ1v) is 7.27. The van der Waals surface area contributed by atoms with Gasteiger partial charge in [-0.2, -0.15) is 0 Å². The highest BCUT2D eigenvalue weighted by atomic mass is 16.5. The maximum Gasteiger partial charge on any atom is 0.255 e. The Morgan fingerprint density at radius 2 is 2.05 bits per heavy atom. The molecule has 0 radical (unpaired) electrons. The Hall–Kier alpha value is -1.75. The van der Waals surface area contributed by atoms with Crippen molar-refractivity contribution in [2.45, 2.75) is 26.2 Å². The third-order valence-electron chi connectivity index (χ3n) is 3.44. The van der Waals surface area contributed by atoms with Crippen LogP contribution in [0.15, 0.2) is 18.2 Å². The van der Waals surface area contributed by atoms with Gasteiger partial charge >= 0.3 is 0 Å². The zero-order valence-corrected chi connectivity index (χ0v) is 13.0. The summed E-state index contributed by atoms with van der Waals surface area (Å²) in [6.45, 7) is 2.80. The van der Waals surface area contributed by atoms with Crippen LogP contribution in [0.2, 0.25) is 0 Å². The van der Waals surface area contributed by atoms with Gasteiger partial charge in [-0.05, 0) is 30.9 Å². The number of nitrogens with one attached hydrogen (secondary N) is 1. The molecular formula is C16H25NO4. The average molecular weight is 295 g/mol. The van der Waals surface area contributed by atoms with Crippen LogP contribution >= 0.6 is 0 Å². The van der Waals surface area contributed by atoms with E-state index < -0.39 is 0 Å². The maximum atomic E-state index is 12.2. The van der Waals surface area contributed by atoms with E-state index in [0.29, 0.717) is 35.9 Å². The smallest absolute Gasteiger partial charge is 0.255 e. The van der Waals surface area contributed by atoms with Crippen LogP contribution in [-0.2, 0) is 0 Å². The van der Waals surface area contributed by atoms with Crippen molar-refractivity contribution in [1.82, 2.24) is 5.32 Å². The quantitative estimate of drug-likeness (QED) is 0.733.